The SMILES string of the molecule is CCCCC(CN)NC(=O)CNS(=O)(=O)c1cccc(C(F)(F)F)c1. The number of carbonyl (C=O) groups excluding carboxylic acids is 1. The second-order valence-electron chi connectivity index (χ2n) is 5.49. The molecule has 0 saturated carbocycles. The van der Waals surface area contributed by atoms with Crippen LogP contribution in [0.15, 0.2) is 29.2 Å². The van der Waals surface area contributed by atoms with Crippen LogP contribution in [0.2, 0.25) is 0 Å². The molecule has 1 amide bonds. The summed E-state index contributed by atoms with van der Waals surface area (Å²) in [5.74, 6) is -0.595. The van der Waals surface area contributed by atoms with Gasteiger partial charge in [-0.25, -0.2) is 13.1 Å². The second kappa shape index (κ2) is 9.16. The van der Waals surface area contributed by atoms with Crippen LogP contribution in [0.25, 0.3) is 0 Å². The van der Waals surface area contributed by atoms with Crippen molar-refractivity contribution in [3.63, 3.8) is 0 Å². The zero-order valence-corrected chi connectivity index (χ0v) is 14.6. The van der Waals surface area contributed by atoms with Gasteiger partial charge in [0.1, 0.15) is 0 Å². The molecule has 0 aliphatic rings. The van der Waals surface area contributed by atoms with Crippen LogP contribution in [0.1, 0.15) is 31.7 Å². The molecule has 10 heteroatoms. The smallest absolute Gasteiger partial charge is 0.351 e. The van der Waals surface area contributed by atoms with Gasteiger partial charge in [0, 0.05) is 12.6 Å². The molecule has 25 heavy (non-hydrogen) atoms. The van der Waals surface area contributed by atoms with Crippen LogP contribution >= 0.6 is 0 Å². The molecule has 1 unspecified atom stereocenters. The van der Waals surface area contributed by atoms with Crippen LogP contribution in [0.5, 0.6) is 0 Å². The molecule has 4 N–H and O–H groups in total. The van der Waals surface area contributed by atoms with Crippen LogP contribution in [-0.4, -0.2) is 33.5 Å². The van der Waals surface area contributed by atoms with E-state index in [2.05, 4.69) is 5.32 Å². The zero-order valence-electron chi connectivity index (χ0n) is 13.8. The summed E-state index contributed by atoms with van der Waals surface area (Å²) in [5.41, 5.74) is 4.45. The summed E-state index contributed by atoms with van der Waals surface area (Å²) in [4.78, 5) is 11.2. The standard InChI is InChI=1S/C15H22F3N3O3S/c1-2-3-6-12(9-19)21-14(22)10-20-25(23,24)13-7-4-5-11(8-13)15(16,17)18/h4-5,7-8,12,20H,2-3,6,9-10,19H2,1H3,(H,21,22). The number of benzene rings is 1. The van der Waals surface area contributed by atoms with Gasteiger partial charge in [-0.15, -0.1) is 0 Å². The molecule has 1 atom stereocenters. The van der Waals surface area contributed by atoms with Crippen molar-refractivity contribution in [2.45, 2.75) is 43.3 Å². The van der Waals surface area contributed by atoms with Crippen molar-refractivity contribution in [1.82, 2.24) is 10.0 Å². The zero-order chi connectivity index (χ0) is 19.1. The number of halogens is 3. The van der Waals surface area contributed by atoms with E-state index in [-0.39, 0.29) is 12.6 Å². The van der Waals surface area contributed by atoms with Crippen LogP contribution in [0.4, 0.5) is 13.2 Å². The van der Waals surface area contributed by atoms with Gasteiger partial charge in [0.25, 0.3) is 0 Å². The number of nitrogens with two attached hydrogens (primary N) is 1. The third-order valence-electron chi connectivity index (χ3n) is 3.45. The highest BCUT2D eigenvalue weighted by Gasteiger charge is 2.31. The molecule has 0 radical (unpaired) electrons. The topological polar surface area (TPSA) is 101 Å². The van der Waals surface area contributed by atoms with Crippen molar-refractivity contribution in [3.8, 4) is 0 Å². The average Bonchev–Trinajstić information content (AvgIpc) is 2.56. The lowest BCUT2D eigenvalue weighted by atomic mass is 10.1. The number of hydrogen-bond donors (Lipinski definition) is 3. The van der Waals surface area contributed by atoms with Gasteiger partial charge in [0.15, 0.2) is 0 Å². The molecule has 0 aliphatic carbocycles. The van der Waals surface area contributed by atoms with Gasteiger partial charge >= 0.3 is 6.18 Å². The molecular weight excluding hydrogens is 359 g/mol. The highest BCUT2D eigenvalue weighted by molar-refractivity contribution is 7.89. The molecule has 1 rings (SSSR count). The molecule has 1 aromatic rings. The summed E-state index contributed by atoms with van der Waals surface area (Å²) in [7, 11) is -4.24. The van der Waals surface area contributed by atoms with E-state index in [9.17, 15) is 26.4 Å². The Morgan fingerprint density at radius 1 is 1.32 bits per heavy atom. The van der Waals surface area contributed by atoms with Gasteiger partial charge in [-0.05, 0) is 24.6 Å². The number of rotatable bonds is 9. The molecule has 0 heterocycles. The summed E-state index contributed by atoms with van der Waals surface area (Å²) in [6.07, 6.45) is -2.21. The molecule has 0 aromatic heterocycles. The number of carbonyl (C=O) groups is 1. The normalized spacial score (nSPS) is 13.5. The van der Waals surface area contributed by atoms with Crippen LogP contribution in [0, 0.1) is 0 Å². The number of sulfonamides is 1. The maximum Gasteiger partial charge on any atom is 0.416 e. The summed E-state index contributed by atoms with van der Waals surface area (Å²) < 4.78 is 64.1. The lowest BCUT2D eigenvalue weighted by molar-refractivity contribution is -0.137. The van der Waals surface area contributed by atoms with Crippen molar-refractivity contribution in [2.24, 2.45) is 5.73 Å². The molecule has 0 saturated heterocycles. The quantitative estimate of drug-likeness (QED) is 0.605. The van der Waals surface area contributed by atoms with Gasteiger partial charge in [-0.2, -0.15) is 13.2 Å². The van der Waals surface area contributed by atoms with E-state index in [1.165, 1.54) is 0 Å². The molecule has 1 aromatic carbocycles. The fourth-order valence-corrected chi connectivity index (χ4v) is 3.09. The largest absolute Gasteiger partial charge is 0.416 e. The van der Waals surface area contributed by atoms with Gasteiger partial charge in [-0.3, -0.25) is 4.79 Å². The van der Waals surface area contributed by atoms with Crippen molar-refractivity contribution in [1.29, 1.82) is 0 Å². The summed E-state index contributed by atoms with van der Waals surface area (Å²) in [5, 5.41) is 2.59. The van der Waals surface area contributed by atoms with Crippen molar-refractivity contribution in [2.75, 3.05) is 13.1 Å². The van der Waals surface area contributed by atoms with E-state index in [4.69, 9.17) is 5.73 Å². The monoisotopic (exact) mass is 381 g/mol. The Balaban J connectivity index is 2.71. The fourth-order valence-electron chi connectivity index (χ4n) is 2.06. The van der Waals surface area contributed by atoms with Gasteiger partial charge in [-0.1, -0.05) is 25.8 Å². The minimum Gasteiger partial charge on any atom is -0.351 e. The fraction of sp³-hybridized carbons (Fsp3) is 0.533. The minimum absolute atomic E-state index is 0.214. The molecule has 0 bridgehead atoms. The Morgan fingerprint density at radius 3 is 2.56 bits per heavy atom. The van der Waals surface area contributed by atoms with Crippen LogP contribution < -0.4 is 15.8 Å². The first kappa shape index (κ1) is 21.4. The lowest BCUT2D eigenvalue weighted by Gasteiger charge is -2.16. The van der Waals surface area contributed by atoms with E-state index < -0.39 is 39.1 Å². The molecule has 0 aliphatic heterocycles. The number of nitrogens with one attached hydrogen (secondary N) is 2. The van der Waals surface area contributed by atoms with Crippen molar-refractivity contribution in [3.05, 3.63) is 29.8 Å². The van der Waals surface area contributed by atoms with Gasteiger partial charge < -0.3 is 11.1 Å². The average molecular weight is 381 g/mol. The minimum atomic E-state index is -4.66. The second-order valence-corrected chi connectivity index (χ2v) is 7.26. The summed E-state index contributed by atoms with van der Waals surface area (Å²) >= 11 is 0. The Kier molecular flexibility index (Phi) is 7.84. The number of unbranched alkanes of at least 4 members (excludes halogenated alkanes) is 1. The van der Waals surface area contributed by atoms with E-state index in [0.29, 0.717) is 12.5 Å². The molecular formula is C15H22F3N3O3S. The number of hydrogen-bond acceptors (Lipinski definition) is 4. The maximum absolute atomic E-state index is 12.7. The molecule has 0 spiro atoms. The first-order chi connectivity index (χ1) is 11.6. The van der Waals surface area contributed by atoms with E-state index >= 15 is 0 Å². The van der Waals surface area contributed by atoms with Crippen molar-refractivity contribution < 1.29 is 26.4 Å². The Bertz CT molecular complexity index is 678. The summed E-state index contributed by atoms with van der Waals surface area (Å²) in [6.45, 7) is 1.62. The third-order valence-corrected chi connectivity index (χ3v) is 4.85. The lowest BCUT2D eigenvalue weighted by Crippen LogP contribution is -2.45. The Hall–Kier alpha value is -1.65. The first-order valence-corrected chi connectivity index (χ1v) is 9.24. The first-order valence-electron chi connectivity index (χ1n) is 7.76. The predicted octanol–water partition coefficient (Wildman–Crippen LogP) is 1.62. The van der Waals surface area contributed by atoms with Crippen LogP contribution in [0.3, 0.4) is 0 Å². The van der Waals surface area contributed by atoms with E-state index in [0.717, 1.165) is 31.0 Å². The molecule has 6 nitrogen and oxygen atoms in total. The molecule has 0 fully saturated rings. The third kappa shape index (κ3) is 7.00. The maximum atomic E-state index is 12.7. The molecule has 142 valence electrons. The van der Waals surface area contributed by atoms with E-state index in [1.54, 1.807) is 0 Å². The van der Waals surface area contributed by atoms with E-state index in [1.807, 2.05) is 11.6 Å². The predicted molar refractivity (Wildman–Crippen MR) is 87.1 cm³/mol. The highest BCUT2D eigenvalue weighted by atomic mass is 32.2. The van der Waals surface area contributed by atoms with Gasteiger partial charge in [0.2, 0.25) is 15.9 Å². The summed E-state index contributed by atoms with van der Waals surface area (Å²) in [6, 6.07) is 3.03. The van der Waals surface area contributed by atoms with Crippen molar-refractivity contribution >= 4 is 15.9 Å². The number of alkyl halides is 3. The van der Waals surface area contributed by atoms with Crippen LogP contribution in [-0.2, 0) is 21.0 Å². The Labute approximate surface area is 145 Å². The van der Waals surface area contributed by atoms with Gasteiger partial charge in [0.05, 0.1) is 17.0 Å². The Morgan fingerprint density at radius 2 is 2.00 bits per heavy atom. The highest BCUT2D eigenvalue weighted by Crippen LogP contribution is 2.30. The number of amides is 1.